The summed E-state index contributed by atoms with van der Waals surface area (Å²) in [5, 5.41) is 7.35. The molecule has 0 N–H and O–H groups in total. The topological polar surface area (TPSA) is 35.4 Å². The second-order valence-corrected chi connectivity index (χ2v) is 9.66. The van der Waals surface area contributed by atoms with Crippen LogP contribution in [0.3, 0.4) is 0 Å². The van der Waals surface area contributed by atoms with Crippen LogP contribution in [-0.4, -0.2) is 14.0 Å². The number of aromatic nitrogens is 3. The maximum atomic E-state index is 6.36. The van der Waals surface area contributed by atoms with Gasteiger partial charge in [0.1, 0.15) is 17.0 Å². The molecule has 4 heterocycles. The molecule has 0 saturated carbocycles. The van der Waals surface area contributed by atoms with Crippen molar-refractivity contribution in [3.05, 3.63) is 97.1 Å². The molecule has 4 aromatic heterocycles. The predicted octanol–water partition coefficient (Wildman–Crippen LogP) is 8.29. The lowest BCUT2D eigenvalue weighted by Gasteiger charge is -2.05. The normalized spacial score (nSPS) is 12.6. The van der Waals surface area contributed by atoms with Crippen molar-refractivity contribution in [3.63, 3.8) is 0 Å². The summed E-state index contributed by atoms with van der Waals surface area (Å²) in [6.07, 6.45) is 0. The molecular weight excluding hydrogens is 442 g/mol. The lowest BCUT2D eigenvalue weighted by molar-refractivity contribution is 0.669. The highest BCUT2D eigenvalue weighted by atomic mass is 16.3. The van der Waals surface area contributed by atoms with E-state index in [0.717, 1.165) is 44.4 Å². The number of imidazole rings is 1. The minimum Gasteiger partial charge on any atom is -0.455 e. The van der Waals surface area contributed by atoms with Crippen LogP contribution in [0.25, 0.3) is 82.5 Å². The summed E-state index contributed by atoms with van der Waals surface area (Å²) in [5.74, 6) is 0.914. The third-order valence-corrected chi connectivity index (χ3v) is 7.86. The van der Waals surface area contributed by atoms with Gasteiger partial charge >= 0.3 is 0 Å². The summed E-state index contributed by atoms with van der Waals surface area (Å²) in [6, 6.07) is 34.3. The van der Waals surface area contributed by atoms with Crippen molar-refractivity contribution in [2.75, 3.05) is 0 Å². The largest absolute Gasteiger partial charge is 0.455 e. The zero-order chi connectivity index (χ0) is 23.5. The second kappa shape index (κ2) is 6.23. The third kappa shape index (κ3) is 2.05. The van der Waals surface area contributed by atoms with E-state index in [4.69, 9.17) is 9.40 Å². The SMILES string of the molecule is Cn1c(-c2cccc3c2oc2ccccc23)nc2ccc3c(c4cccc5c6ccccc6n3c54)c21. The number of furan rings is 1. The zero-order valence-corrected chi connectivity index (χ0v) is 19.5. The van der Waals surface area contributed by atoms with Crippen LogP contribution in [0.1, 0.15) is 0 Å². The minimum absolute atomic E-state index is 0.883. The van der Waals surface area contributed by atoms with Crippen LogP contribution in [0.2, 0.25) is 0 Å². The maximum absolute atomic E-state index is 6.36. The van der Waals surface area contributed by atoms with E-state index >= 15 is 0 Å². The molecule has 0 atom stereocenters. The van der Waals surface area contributed by atoms with E-state index < -0.39 is 0 Å². The summed E-state index contributed by atoms with van der Waals surface area (Å²) in [7, 11) is 2.12. The van der Waals surface area contributed by atoms with E-state index in [1.165, 1.54) is 38.1 Å². The molecule has 0 spiro atoms. The van der Waals surface area contributed by atoms with Crippen LogP contribution in [-0.2, 0) is 7.05 Å². The van der Waals surface area contributed by atoms with E-state index in [2.05, 4.69) is 101 Å². The molecule has 9 aromatic rings. The van der Waals surface area contributed by atoms with Gasteiger partial charge in [-0.2, -0.15) is 0 Å². The smallest absolute Gasteiger partial charge is 0.146 e. The Morgan fingerprint density at radius 1 is 0.611 bits per heavy atom. The van der Waals surface area contributed by atoms with Crippen LogP contribution in [0.5, 0.6) is 0 Å². The van der Waals surface area contributed by atoms with Crippen molar-refractivity contribution >= 4 is 71.1 Å². The minimum atomic E-state index is 0.883. The van der Waals surface area contributed by atoms with E-state index in [0.29, 0.717) is 0 Å². The van der Waals surface area contributed by atoms with Crippen LogP contribution >= 0.6 is 0 Å². The number of benzene rings is 5. The van der Waals surface area contributed by atoms with Gasteiger partial charge in [-0.3, -0.25) is 0 Å². The zero-order valence-electron chi connectivity index (χ0n) is 19.5. The Balaban J connectivity index is 1.44. The molecule has 9 rings (SSSR count). The number of hydrogen-bond donors (Lipinski definition) is 0. The van der Waals surface area contributed by atoms with Crippen molar-refractivity contribution in [2.45, 2.75) is 0 Å². The average molecular weight is 462 g/mol. The Morgan fingerprint density at radius 3 is 2.31 bits per heavy atom. The number of nitrogens with zero attached hydrogens (tertiary/aromatic N) is 3. The highest BCUT2D eigenvalue weighted by Gasteiger charge is 2.22. The molecule has 0 unspecified atom stereocenters. The number of hydrogen-bond acceptors (Lipinski definition) is 2. The van der Waals surface area contributed by atoms with Gasteiger partial charge in [-0.05, 0) is 30.3 Å². The highest BCUT2D eigenvalue weighted by Crippen LogP contribution is 2.43. The fourth-order valence-electron chi connectivity index (χ4n) is 6.38. The molecule has 0 amide bonds. The van der Waals surface area contributed by atoms with Crippen molar-refractivity contribution in [1.29, 1.82) is 0 Å². The van der Waals surface area contributed by atoms with Gasteiger partial charge in [0.05, 0.1) is 33.1 Å². The molecule has 4 heteroatoms. The van der Waals surface area contributed by atoms with Crippen molar-refractivity contribution < 1.29 is 4.42 Å². The van der Waals surface area contributed by atoms with Gasteiger partial charge in [-0.25, -0.2) is 4.98 Å². The molecule has 0 fully saturated rings. The van der Waals surface area contributed by atoms with Gasteiger partial charge in [0.15, 0.2) is 0 Å². The van der Waals surface area contributed by atoms with E-state index in [-0.39, 0.29) is 0 Å². The highest BCUT2D eigenvalue weighted by molar-refractivity contribution is 6.28. The molecule has 0 aliphatic rings. The molecule has 0 aliphatic carbocycles. The predicted molar refractivity (Wildman–Crippen MR) is 148 cm³/mol. The summed E-state index contributed by atoms with van der Waals surface area (Å²) >= 11 is 0. The quantitative estimate of drug-likeness (QED) is 0.246. The Hall–Kier alpha value is -4.83. The monoisotopic (exact) mass is 461 g/mol. The maximum Gasteiger partial charge on any atom is 0.146 e. The van der Waals surface area contributed by atoms with Crippen LogP contribution in [0, 0.1) is 0 Å². The summed E-state index contributed by atoms with van der Waals surface area (Å²) in [5.41, 5.74) is 8.67. The van der Waals surface area contributed by atoms with Gasteiger partial charge < -0.3 is 13.4 Å². The number of para-hydroxylation sites is 4. The van der Waals surface area contributed by atoms with Gasteiger partial charge in [0, 0.05) is 39.4 Å². The molecule has 168 valence electrons. The van der Waals surface area contributed by atoms with E-state index in [9.17, 15) is 0 Å². The molecule has 5 aromatic carbocycles. The summed E-state index contributed by atoms with van der Waals surface area (Å²) in [6.45, 7) is 0. The van der Waals surface area contributed by atoms with Gasteiger partial charge in [0.2, 0.25) is 0 Å². The molecule has 36 heavy (non-hydrogen) atoms. The standard InChI is InChI=1S/C32H19N3O/c1-34-30-24(33-32(34)23-13-7-11-21-19-9-3-5-15-27(19)36-31(21)23)16-17-26-28(30)22-12-6-10-20-18-8-2-4-14-25(18)35(26)29(20)22/h2-17H,1H3. The van der Waals surface area contributed by atoms with Crippen LogP contribution < -0.4 is 0 Å². The average Bonchev–Trinajstić information content (AvgIpc) is 3.65. The number of fused-ring (bicyclic) bond motifs is 11. The van der Waals surface area contributed by atoms with Crippen LogP contribution in [0.15, 0.2) is 101 Å². The third-order valence-electron chi connectivity index (χ3n) is 7.86. The molecule has 4 nitrogen and oxygen atoms in total. The first-order chi connectivity index (χ1) is 17.8. The van der Waals surface area contributed by atoms with Gasteiger partial charge in [0.25, 0.3) is 0 Å². The first-order valence-electron chi connectivity index (χ1n) is 12.2. The van der Waals surface area contributed by atoms with Gasteiger partial charge in [-0.1, -0.05) is 66.7 Å². The summed E-state index contributed by atoms with van der Waals surface area (Å²) in [4.78, 5) is 5.15. The first kappa shape index (κ1) is 18.5. The molecular formula is C32H19N3O. The Morgan fingerprint density at radius 2 is 1.36 bits per heavy atom. The molecule has 0 bridgehead atoms. The second-order valence-electron chi connectivity index (χ2n) is 9.66. The first-order valence-corrected chi connectivity index (χ1v) is 12.2. The fourth-order valence-corrected chi connectivity index (χ4v) is 6.38. The van der Waals surface area contributed by atoms with Crippen molar-refractivity contribution in [3.8, 4) is 11.4 Å². The molecule has 0 saturated heterocycles. The Labute approximate surface area is 204 Å². The lowest BCUT2D eigenvalue weighted by Crippen LogP contribution is -1.93. The van der Waals surface area contributed by atoms with Gasteiger partial charge in [-0.15, -0.1) is 0 Å². The van der Waals surface area contributed by atoms with E-state index in [1.54, 1.807) is 0 Å². The van der Waals surface area contributed by atoms with E-state index in [1.807, 2.05) is 12.1 Å². The molecule has 0 aliphatic heterocycles. The van der Waals surface area contributed by atoms with Crippen molar-refractivity contribution in [1.82, 2.24) is 14.0 Å². The van der Waals surface area contributed by atoms with Crippen LogP contribution in [0.4, 0.5) is 0 Å². The molecule has 0 radical (unpaired) electrons. The summed E-state index contributed by atoms with van der Waals surface area (Å²) < 4.78 is 11.0. The number of aryl methyl sites for hydroxylation is 1. The number of rotatable bonds is 1. The Bertz CT molecular complexity index is 2330. The Kier molecular flexibility index (Phi) is 3.20. The fraction of sp³-hybridized carbons (Fsp3) is 0.0312. The lowest BCUT2D eigenvalue weighted by atomic mass is 10.1. The van der Waals surface area contributed by atoms with Crippen molar-refractivity contribution in [2.24, 2.45) is 7.05 Å².